The van der Waals surface area contributed by atoms with Crippen molar-refractivity contribution in [2.24, 2.45) is 5.41 Å². The first-order valence-electron chi connectivity index (χ1n) is 7.47. The van der Waals surface area contributed by atoms with Gasteiger partial charge in [-0.05, 0) is 31.0 Å². The summed E-state index contributed by atoms with van der Waals surface area (Å²) in [5.41, 5.74) is -1.40. The van der Waals surface area contributed by atoms with Crippen LogP contribution in [0.15, 0.2) is 18.2 Å². The van der Waals surface area contributed by atoms with Crippen LogP contribution in [-0.2, 0) is 4.79 Å². The fourth-order valence-electron chi connectivity index (χ4n) is 3.09. The molecule has 0 unspecified atom stereocenters. The molecule has 1 aliphatic heterocycles. The normalized spacial score (nSPS) is 24.5. The molecule has 0 aliphatic carbocycles. The molecule has 2 N–H and O–H groups in total. The van der Waals surface area contributed by atoms with Crippen molar-refractivity contribution in [3.05, 3.63) is 34.6 Å². The minimum absolute atomic E-state index is 0.00107. The van der Waals surface area contributed by atoms with E-state index in [4.69, 9.17) is 11.6 Å². The third-order valence-electron chi connectivity index (χ3n) is 4.35. The lowest BCUT2D eigenvalue weighted by Gasteiger charge is -2.43. The Bertz CT molecular complexity index is 624. The number of benzene rings is 1. The van der Waals surface area contributed by atoms with Gasteiger partial charge in [0, 0.05) is 13.1 Å². The van der Waals surface area contributed by atoms with Crippen molar-refractivity contribution < 1.29 is 24.2 Å². The molecule has 0 radical (unpaired) electrons. The average Bonchev–Trinajstić information content (AvgIpc) is 2.51. The van der Waals surface area contributed by atoms with Crippen LogP contribution in [0.25, 0.3) is 0 Å². The van der Waals surface area contributed by atoms with Crippen LogP contribution in [0.1, 0.15) is 36.5 Å². The van der Waals surface area contributed by atoms with E-state index < -0.39 is 29.2 Å². The summed E-state index contributed by atoms with van der Waals surface area (Å²) in [6, 6.07) is 3.48. The Labute approximate surface area is 138 Å². The van der Waals surface area contributed by atoms with Crippen LogP contribution in [0.3, 0.4) is 0 Å². The van der Waals surface area contributed by atoms with Gasteiger partial charge in [0.1, 0.15) is 11.2 Å². The van der Waals surface area contributed by atoms with Gasteiger partial charge in [-0.3, -0.25) is 9.59 Å². The van der Waals surface area contributed by atoms with Crippen LogP contribution in [0.2, 0.25) is 5.02 Å². The van der Waals surface area contributed by atoms with E-state index in [9.17, 15) is 24.2 Å². The second-order valence-electron chi connectivity index (χ2n) is 5.87. The summed E-state index contributed by atoms with van der Waals surface area (Å²) in [5, 5.41) is 19.9. The number of carboxylic acid groups (broad SMARTS) is 1. The van der Waals surface area contributed by atoms with Gasteiger partial charge < -0.3 is 15.1 Å². The third kappa shape index (κ3) is 3.33. The number of rotatable bonds is 4. The van der Waals surface area contributed by atoms with Crippen LogP contribution >= 0.6 is 11.6 Å². The van der Waals surface area contributed by atoms with Gasteiger partial charge in [-0.2, -0.15) is 0 Å². The smallest absolute Gasteiger partial charge is 0.314 e. The number of aliphatic hydroxyl groups is 1. The second kappa shape index (κ2) is 6.84. The number of hydrogen-bond acceptors (Lipinski definition) is 3. The molecule has 5 nitrogen and oxygen atoms in total. The first-order valence-corrected chi connectivity index (χ1v) is 7.85. The number of carbonyl (C=O) groups excluding carboxylic acids is 1. The Balaban J connectivity index is 2.32. The Morgan fingerprint density at radius 2 is 2.17 bits per heavy atom. The second-order valence-corrected chi connectivity index (χ2v) is 6.27. The summed E-state index contributed by atoms with van der Waals surface area (Å²) in [6.07, 6.45) is -0.0479. The zero-order valence-electron chi connectivity index (χ0n) is 12.8. The topological polar surface area (TPSA) is 77.8 Å². The average molecular weight is 344 g/mol. The highest BCUT2D eigenvalue weighted by molar-refractivity contribution is 6.33. The van der Waals surface area contributed by atoms with Gasteiger partial charge in [0.15, 0.2) is 0 Å². The van der Waals surface area contributed by atoms with Gasteiger partial charge in [0.05, 0.1) is 16.7 Å². The van der Waals surface area contributed by atoms with Crippen molar-refractivity contribution in [3.8, 4) is 0 Å². The number of hydrogen-bond donors (Lipinski definition) is 2. The molecule has 2 atom stereocenters. The minimum atomic E-state index is -1.40. The molecule has 7 heteroatoms. The zero-order chi connectivity index (χ0) is 17.2. The van der Waals surface area contributed by atoms with E-state index in [1.54, 1.807) is 0 Å². The fourth-order valence-corrected chi connectivity index (χ4v) is 3.29. The molecule has 1 aromatic rings. The van der Waals surface area contributed by atoms with Crippen LogP contribution in [0.4, 0.5) is 4.39 Å². The summed E-state index contributed by atoms with van der Waals surface area (Å²) in [7, 11) is 0. The van der Waals surface area contributed by atoms with Crippen LogP contribution in [0, 0.1) is 11.2 Å². The van der Waals surface area contributed by atoms with Gasteiger partial charge >= 0.3 is 5.97 Å². The molecule has 1 amide bonds. The molecule has 2 rings (SSSR count). The number of carbonyl (C=O) groups is 2. The molecule has 0 saturated carbocycles. The summed E-state index contributed by atoms with van der Waals surface area (Å²) in [5.74, 6) is -2.24. The summed E-state index contributed by atoms with van der Waals surface area (Å²) in [4.78, 5) is 25.6. The highest BCUT2D eigenvalue weighted by Crippen LogP contribution is 2.36. The molecule has 0 spiro atoms. The van der Waals surface area contributed by atoms with E-state index in [0.717, 1.165) is 12.1 Å². The Kier molecular flexibility index (Phi) is 5.26. The molecule has 0 aromatic heterocycles. The number of aliphatic hydroxyl groups excluding tert-OH is 1. The Hall–Kier alpha value is -1.66. The maximum atomic E-state index is 13.4. The van der Waals surface area contributed by atoms with Gasteiger partial charge in [-0.1, -0.05) is 24.9 Å². The standard InChI is InChI=1S/C16H19ClFNO4/c1-2-6-16(15(22)23)9-19(7-5-13(16)20)14(21)11-8-10(18)3-4-12(11)17/h3-4,8,13,20H,2,5-7,9H2,1H3,(H,22,23)/t13-,16-/m1/s1. The van der Waals surface area contributed by atoms with Crippen molar-refractivity contribution in [2.45, 2.75) is 32.3 Å². The number of likely N-dealkylation sites (tertiary alicyclic amines) is 1. The molecule has 1 fully saturated rings. The van der Waals surface area contributed by atoms with E-state index in [1.807, 2.05) is 6.92 Å². The first kappa shape index (κ1) is 17.7. The number of nitrogens with zero attached hydrogens (tertiary/aromatic N) is 1. The highest BCUT2D eigenvalue weighted by Gasteiger charge is 2.49. The van der Waals surface area contributed by atoms with E-state index in [0.29, 0.717) is 6.42 Å². The predicted molar refractivity (Wildman–Crippen MR) is 82.9 cm³/mol. The van der Waals surface area contributed by atoms with E-state index in [-0.39, 0.29) is 36.5 Å². The minimum Gasteiger partial charge on any atom is -0.481 e. The predicted octanol–water partition coefficient (Wildman–Crippen LogP) is 2.56. The van der Waals surface area contributed by atoms with Crippen molar-refractivity contribution in [3.63, 3.8) is 0 Å². The number of piperidine rings is 1. The summed E-state index contributed by atoms with van der Waals surface area (Å²) >= 11 is 5.95. The summed E-state index contributed by atoms with van der Waals surface area (Å²) < 4.78 is 13.4. The molecule has 1 aliphatic rings. The summed E-state index contributed by atoms with van der Waals surface area (Å²) in [6.45, 7) is 1.90. The van der Waals surface area contributed by atoms with Gasteiger partial charge in [-0.15, -0.1) is 0 Å². The number of amides is 1. The van der Waals surface area contributed by atoms with Gasteiger partial charge in [0.25, 0.3) is 5.91 Å². The van der Waals surface area contributed by atoms with Crippen LogP contribution < -0.4 is 0 Å². The highest BCUT2D eigenvalue weighted by atomic mass is 35.5. The van der Waals surface area contributed by atoms with Crippen LogP contribution in [-0.4, -0.2) is 46.2 Å². The molecule has 1 aromatic carbocycles. The van der Waals surface area contributed by atoms with Gasteiger partial charge in [0.2, 0.25) is 0 Å². The molecular weight excluding hydrogens is 325 g/mol. The quantitative estimate of drug-likeness (QED) is 0.880. The lowest BCUT2D eigenvalue weighted by atomic mass is 9.74. The maximum Gasteiger partial charge on any atom is 0.314 e. The Morgan fingerprint density at radius 3 is 2.78 bits per heavy atom. The SMILES string of the molecule is CCC[C@@]1(C(=O)O)CN(C(=O)c2cc(F)ccc2Cl)CC[C@H]1O. The van der Waals surface area contributed by atoms with Crippen LogP contribution in [0.5, 0.6) is 0 Å². The van der Waals surface area contributed by atoms with E-state index in [2.05, 4.69) is 0 Å². The molecule has 23 heavy (non-hydrogen) atoms. The molecule has 126 valence electrons. The molecule has 1 heterocycles. The van der Waals surface area contributed by atoms with E-state index >= 15 is 0 Å². The largest absolute Gasteiger partial charge is 0.481 e. The molecule has 0 bridgehead atoms. The molecule has 1 saturated heterocycles. The monoisotopic (exact) mass is 343 g/mol. The zero-order valence-corrected chi connectivity index (χ0v) is 13.5. The first-order chi connectivity index (χ1) is 10.8. The van der Waals surface area contributed by atoms with Crippen molar-refractivity contribution in [1.82, 2.24) is 4.90 Å². The lowest BCUT2D eigenvalue weighted by molar-refractivity contribution is -0.162. The van der Waals surface area contributed by atoms with Crippen molar-refractivity contribution >= 4 is 23.5 Å². The maximum absolute atomic E-state index is 13.4. The number of aliphatic carboxylic acids is 1. The lowest BCUT2D eigenvalue weighted by Crippen LogP contribution is -2.57. The Morgan fingerprint density at radius 1 is 1.48 bits per heavy atom. The number of carboxylic acids is 1. The van der Waals surface area contributed by atoms with Gasteiger partial charge in [-0.25, -0.2) is 4.39 Å². The number of halogens is 2. The molecular formula is C16H19ClFNO4. The fraction of sp³-hybridized carbons (Fsp3) is 0.500. The van der Waals surface area contributed by atoms with Crippen molar-refractivity contribution in [1.29, 1.82) is 0 Å². The van der Waals surface area contributed by atoms with Crippen molar-refractivity contribution in [2.75, 3.05) is 13.1 Å². The van der Waals surface area contributed by atoms with E-state index in [1.165, 1.54) is 11.0 Å². The third-order valence-corrected chi connectivity index (χ3v) is 4.68.